The van der Waals surface area contributed by atoms with E-state index >= 15 is 0 Å². The van der Waals surface area contributed by atoms with Gasteiger partial charge in [-0.05, 0) is 26.0 Å². The molecule has 1 aromatic carbocycles. The van der Waals surface area contributed by atoms with Crippen molar-refractivity contribution in [3.63, 3.8) is 0 Å². The SMILES string of the molecule is CCOP(=O)(OCC)[C@@H](OC(=O)c1ccccc1)C(=O)OC. The number of esters is 2. The number of benzene rings is 1. The van der Waals surface area contributed by atoms with Crippen LogP contribution in [0.25, 0.3) is 0 Å². The highest BCUT2D eigenvalue weighted by Crippen LogP contribution is 2.54. The number of rotatable bonds is 8. The predicted molar refractivity (Wildman–Crippen MR) is 78.5 cm³/mol. The fourth-order valence-electron chi connectivity index (χ4n) is 1.62. The first-order valence-electron chi connectivity index (χ1n) is 6.71. The van der Waals surface area contributed by atoms with Gasteiger partial charge in [-0.15, -0.1) is 0 Å². The summed E-state index contributed by atoms with van der Waals surface area (Å²) in [4.78, 5) is 23.9. The number of carbonyl (C=O) groups is 2. The van der Waals surface area contributed by atoms with E-state index in [1.165, 1.54) is 12.1 Å². The predicted octanol–water partition coefficient (Wildman–Crippen LogP) is 2.61. The average Bonchev–Trinajstić information content (AvgIpc) is 2.52. The largest absolute Gasteiger partial charge is 0.466 e. The van der Waals surface area contributed by atoms with Crippen LogP contribution in [-0.4, -0.2) is 38.1 Å². The van der Waals surface area contributed by atoms with Gasteiger partial charge in [-0.25, -0.2) is 9.59 Å². The van der Waals surface area contributed by atoms with Crippen LogP contribution in [-0.2, 0) is 27.9 Å². The van der Waals surface area contributed by atoms with E-state index in [1.807, 2.05) is 0 Å². The first-order valence-corrected chi connectivity index (χ1v) is 8.32. The average molecular weight is 330 g/mol. The highest BCUT2D eigenvalue weighted by Gasteiger charge is 2.45. The van der Waals surface area contributed by atoms with Gasteiger partial charge in [0.2, 0.25) is 0 Å². The molecule has 0 bridgehead atoms. The Hall–Kier alpha value is -1.69. The van der Waals surface area contributed by atoms with Crippen molar-refractivity contribution < 1.29 is 32.7 Å². The van der Waals surface area contributed by atoms with E-state index in [4.69, 9.17) is 13.8 Å². The monoisotopic (exact) mass is 330 g/mol. The molecule has 8 heteroatoms. The second kappa shape index (κ2) is 8.68. The molecule has 0 aliphatic rings. The smallest absolute Gasteiger partial charge is 0.382 e. The summed E-state index contributed by atoms with van der Waals surface area (Å²) in [6.45, 7) is 3.21. The number of ether oxygens (including phenoxy) is 2. The minimum absolute atomic E-state index is 0.0215. The lowest BCUT2D eigenvalue weighted by Gasteiger charge is -2.24. The van der Waals surface area contributed by atoms with Crippen molar-refractivity contribution in [1.82, 2.24) is 0 Å². The van der Waals surface area contributed by atoms with E-state index in [0.29, 0.717) is 0 Å². The Morgan fingerprint density at radius 3 is 2.09 bits per heavy atom. The first kappa shape index (κ1) is 18.4. The van der Waals surface area contributed by atoms with Gasteiger partial charge >= 0.3 is 19.5 Å². The van der Waals surface area contributed by atoms with Crippen LogP contribution in [0.5, 0.6) is 0 Å². The molecule has 0 heterocycles. The molecule has 0 N–H and O–H groups in total. The Labute approximate surface area is 129 Å². The van der Waals surface area contributed by atoms with Crippen molar-refractivity contribution >= 4 is 19.5 Å². The molecule has 7 nitrogen and oxygen atoms in total. The molecule has 1 atom stereocenters. The van der Waals surface area contributed by atoms with Gasteiger partial charge in [-0.1, -0.05) is 18.2 Å². The number of hydrogen-bond acceptors (Lipinski definition) is 7. The second-order valence-electron chi connectivity index (χ2n) is 4.02. The molecule has 1 rings (SSSR count). The third-order valence-electron chi connectivity index (χ3n) is 2.54. The Balaban J connectivity index is 3.05. The molecule has 0 aliphatic heterocycles. The van der Waals surface area contributed by atoms with Crippen LogP contribution in [0, 0.1) is 0 Å². The third-order valence-corrected chi connectivity index (χ3v) is 4.66. The maximum absolute atomic E-state index is 12.7. The molecular weight excluding hydrogens is 311 g/mol. The fraction of sp³-hybridized carbons (Fsp3) is 0.429. The van der Waals surface area contributed by atoms with Crippen molar-refractivity contribution in [1.29, 1.82) is 0 Å². The molecule has 122 valence electrons. The van der Waals surface area contributed by atoms with Crippen LogP contribution in [0.4, 0.5) is 0 Å². The molecule has 22 heavy (non-hydrogen) atoms. The summed E-state index contributed by atoms with van der Waals surface area (Å²) in [7, 11) is -2.90. The molecule has 0 unspecified atom stereocenters. The maximum atomic E-state index is 12.7. The Morgan fingerprint density at radius 1 is 1.09 bits per heavy atom. The summed E-state index contributed by atoms with van der Waals surface area (Å²) >= 11 is 0. The van der Waals surface area contributed by atoms with Crippen LogP contribution in [0.3, 0.4) is 0 Å². The van der Waals surface area contributed by atoms with Gasteiger partial charge in [0.05, 0.1) is 25.9 Å². The lowest BCUT2D eigenvalue weighted by molar-refractivity contribution is -0.147. The Morgan fingerprint density at radius 2 is 1.64 bits per heavy atom. The normalized spacial score (nSPS) is 12.5. The van der Waals surface area contributed by atoms with E-state index < -0.39 is 25.4 Å². The summed E-state index contributed by atoms with van der Waals surface area (Å²) in [5, 5.41) is 0. The summed E-state index contributed by atoms with van der Waals surface area (Å²) in [6.07, 6.45) is 0. The van der Waals surface area contributed by atoms with Gasteiger partial charge in [0, 0.05) is 0 Å². The van der Waals surface area contributed by atoms with Crippen molar-refractivity contribution in [2.24, 2.45) is 0 Å². The van der Waals surface area contributed by atoms with Crippen LogP contribution < -0.4 is 0 Å². The number of hydrogen-bond donors (Lipinski definition) is 0. The van der Waals surface area contributed by atoms with Crippen molar-refractivity contribution in [2.45, 2.75) is 19.7 Å². The van der Waals surface area contributed by atoms with Crippen molar-refractivity contribution in [2.75, 3.05) is 20.3 Å². The lowest BCUT2D eigenvalue weighted by Crippen LogP contribution is -2.30. The first-order chi connectivity index (χ1) is 10.5. The molecule has 0 amide bonds. The zero-order valence-electron chi connectivity index (χ0n) is 12.7. The highest BCUT2D eigenvalue weighted by atomic mass is 31.2. The van der Waals surface area contributed by atoms with Gasteiger partial charge in [-0.2, -0.15) is 0 Å². The molecule has 0 aromatic heterocycles. The highest BCUT2D eigenvalue weighted by molar-refractivity contribution is 7.55. The van der Waals surface area contributed by atoms with Crippen LogP contribution in [0.15, 0.2) is 30.3 Å². The van der Waals surface area contributed by atoms with Gasteiger partial charge in [0.25, 0.3) is 5.85 Å². The third kappa shape index (κ3) is 4.66. The van der Waals surface area contributed by atoms with Crippen molar-refractivity contribution in [3.05, 3.63) is 35.9 Å². The molecule has 0 radical (unpaired) electrons. The van der Waals surface area contributed by atoms with Crippen LogP contribution in [0.1, 0.15) is 24.2 Å². The van der Waals surface area contributed by atoms with Crippen LogP contribution >= 0.6 is 7.60 Å². The van der Waals surface area contributed by atoms with Gasteiger partial charge in [0.1, 0.15) is 0 Å². The lowest BCUT2D eigenvalue weighted by atomic mass is 10.2. The summed E-state index contributed by atoms with van der Waals surface area (Å²) in [6, 6.07) is 7.99. The molecule has 0 aliphatic carbocycles. The minimum atomic E-state index is -3.99. The number of carbonyl (C=O) groups excluding carboxylic acids is 2. The second-order valence-corrected chi connectivity index (χ2v) is 6.09. The standard InChI is InChI=1S/C14H19O7P/c1-4-19-22(17,20-5-2)14(13(16)18-3)21-12(15)11-9-7-6-8-10-11/h6-10,14H,4-5H2,1-3H3/t14-/m1/s1. The minimum Gasteiger partial charge on any atom is -0.466 e. The zero-order valence-corrected chi connectivity index (χ0v) is 13.6. The molecule has 0 saturated carbocycles. The van der Waals surface area contributed by atoms with E-state index in [9.17, 15) is 14.2 Å². The van der Waals surface area contributed by atoms with Gasteiger partial charge in [0.15, 0.2) is 0 Å². The molecule has 0 fully saturated rings. The maximum Gasteiger partial charge on any atom is 0.382 e. The summed E-state index contributed by atoms with van der Waals surface area (Å²) in [5.74, 6) is -3.60. The summed E-state index contributed by atoms with van der Waals surface area (Å²) < 4.78 is 32.3. The van der Waals surface area contributed by atoms with E-state index in [0.717, 1.165) is 7.11 Å². The number of methoxy groups -OCH3 is 1. The molecule has 1 aromatic rings. The summed E-state index contributed by atoms with van der Waals surface area (Å²) in [5.41, 5.74) is 0.205. The Kier molecular flexibility index (Phi) is 7.24. The van der Waals surface area contributed by atoms with E-state index in [1.54, 1.807) is 32.0 Å². The molecular formula is C14H19O7P. The van der Waals surface area contributed by atoms with Gasteiger partial charge in [-0.3, -0.25) is 4.57 Å². The van der Waals surface area contributed by atoms with E-state index in [2.05, 4.69) is 4.74 Å². The quantitative estimate of drug-likeness (QED) is 0.535. The van der Waals surface area contributed by atoms with Crippen molar-refractivity contribution in [3.8, 4) is 0 Å². The zero-order chi connectivity index (χ0) is 16.6. The molecule has 0 saturated heterocycles. The molecule has 0 spiro atoms. The van der Waals surface area contributed by atoms with E-state index in [-0.39, 0.29) is 18.8 Å². The topological polar surface area (TPSA) is 88.1 Å². The Bertz CT molecular complexity index is 533. The fourth-order valence-corrected chi connectivity index (χ4v) is 3.27. The van der Waals surface area contributed by atoms with Crippen LogP contribution in [0.2, 0.25) is 0 Å². The van der Waals surface area contributed by atoms with Gasteiger partial charge < -0.3 is 18.5 Å².